The Morgan fingerprint density at radius 3 is 2.93 bits per heavy atom. The van der Waals surface area contributed by atoms with Gasteiger partial charge in [-0.1, -0.05) is 11.3 Å². The molecule has 160 valence electrons. The molecule has 30 heavy (non-hydrogen) atoms. The first-order valence-corrected chi connectivity index (χ1v) is 11.4. The topological polar surface area (TPSA) is 60.9 Å². The SMILES string of the molecule is CN1CCC(N(C)c2ccc3c(c2)OCCN3c2nc3c(s2)C(=O)NC(C)(C)C3)C1. The molecule has 1 aromatic carbocycles. The van der Waals surface area contributed by atoms with E-state index in [0.717, 1.165) is 53.2 Å². The number of ether oxygens (including phenoxy) is 1. The van der Waals surface area contributed by atoms with Crippen molar-refractivity contribution < 1.29 is 9.53 Å². The van der Waals surface area contributed by atoms with Crippen molar-refractivity contribution in [3.63, 3.8) is 0 Å². The molecule has 1 fully saturated rings. The molecule has 1 unspecified atom stereocenters. The summed E-state index contributed by atoms with van der Waals surface area (Å²) in [6.45, 7) is 7.64. The van der Waals surface area contributed by atoms with Crippen molar-refractivity contribution in [2.24, 2.45) is 0 Å². The number of likely N-dealkylation sites (N-methyl/N-ethyl adjacent to an activating group) is 2. The van der Waals surface area contributed by atoms with Gasteiger partial charge in [-0.2, -0.15) is 0 Å². The van der Waals surface area contributed by atoms with E-state index in [1.165, 1.54) is 23.4 Å². The van der Waals surface area contributed by atoms with Gasteiger partial charge in [0.05, 0.1) is 17.9 Å². The highest BCUT2D eigenvalue weighted by molar-refractivity contribution is 7.17. The smallest absolute Gasteiger partial charge is 0.263 e. The van der Waals surface area contributed by atoms with Gasteiger partial charge in [0, 0.05) is 43.3 Å². The van der Waals surface area contributed by atoms with Gasteiger partial charge < -0.3 is 24.8 Å². The van der Waals surface area contributed by atoms with E-state index in [-0.39, 0.29) is 11.4 Å². The second-order valence-electron chi connectivity index (χ2n) is 9.25. The van der Waals surface area contributed by atoms with E-state index in [1.807, 2.05) is 13.8 Å². The Morgan fingerprint density at radius 2 is 2.17 bits per heavy atom. The number of anilines is 3. The van der Waals surface area contributed by atoms with E-state index in [4.69, 9.17) is 9.72 Å². The number of carbonyl (C=O) groups excluding carboxylic acids is 1. The summed E-state index contributed by atoms with van der Waals surface area (Å²) in [4.78, 5) is 25.0. The Bertz CT molecular complexity index is 988. The maximum atomic E-state index is 12.5. The highest BCUT2D eigenvalue weighted by Crippen LogP contribution is 2.42. The van der Waals surface area contributed by atoms with Crippen LogP contribution in [0.25, 0.3) is 0 Å². The maximum absolute atomic E-state index is 12.5. The van der Waals surface area contributed by atoms with Gasteiger partial charge in [-0.25, -0.2) is 4.98 Å². The number of hydrogen-bond donors (Lipinski definition) is 1. The number of likely N-dealkylation sites (tertiary alicyclic amines) is 1. The molecule has 0 saturated carbocycles. The van der Waals surface area contributed by atoms with Crippen LogP contribution >= 0.6 is 11.3 Å². The van der Waals surface area contributed by atoms with Gasteiger partial charge >= 0.3 is 0 Å². The molecule has 0 spiro atoms. The third kappa shape index (κ3) is 3.41. The van der Waals surface area contributed by atoms with Gasteiger partial charge in [0.25, 0.3) is 5.91 Å². The predicted molar refractivity (Wildman–Crippen MR) is 121 cm³/mol. The molecule has 5 rings (SSSR count). The third-order valence-electron chi connectivity index (χ3n) is 6.31. The van der Waals surface area contributed by atoms with Crippen LogP contribution in [-0.4, -0.2) is 67.7 Å². The standard InChI is InChI=1S/C22H29N5O2S/c1-22(2)12-16-19(20(28)24-22)30-21(23-16)27-9-10-29-18-11-14(5-6-17(18)27)26(4)15-7-8-25(3)13-15/h5-6,11,15H,7-10,12-13H2,1-4H3,(H,24,28). The molecule has 0 bridgehead atoms. The van der Waals surface area contributed by atoms with E-state index in [1.54, 1.807) is 0 Å². The summed E-state index contributed by atoms with van der Waals surface area (Å²) >= 11 is 1.48. The molecule has 8 heteroatoms. The van der Waals surface area contributed by atoms with Gasteiger partial charge in [-0.05, 0) is 46.0 Å². The number of benzene rings is 1. The fraction of sp³-hybridized carbons (Fsp3) is 0.545. The monoisotopic (exact) mass is 427 g/mol. The summed E-state index contributed by atoms with van der Waals surface area (Å²) in [5.41, 5.74) is 2.84. The summed E-state index contributed by atoms with van der Waals surface area (Å²) in [5, 5.41) is 3.95. The molecule has 2 aromatic rings. The first-order chi connectivity index (χ1) is 14.3. The number of thiazole rings is 1. The lowest BCUT2D eigenvalue weighted by Crippen LogP contribution is -2.48. The average Bonchev–Trinajstić information content (AvgIpc) is 3.32. The van der Waals surface area contributed by atoms with Crippen LogP contribution in [0.4, 0.5) is 16.5 Å². The van der Waals surface area contributed by atoms with Crippen molar-refractivity contribution in [3.8, 4) is 5.75 Å². The fourth-order valence-electron chi connectivity index (χ4n) is 4.64. The minimum atomic E-state index is -0.258. The minimum Gasteiger partial charge on any atom is -0.489 e. The molecule has 1 amide bonds. The third-order valence-corrected chi connectivity index (χ3v) is 7.43. The number of hydrogen-bond acceptors (Lipinski definition) is 7. The number of carbonyl (C=O) groups is 1. The molecular weight excluding hydrogens is 398 g/mol. The second-order valence-corrected chi connectivity index (χ2v) is 10.2. The molecule has 3 aliphatic rings. The molecule has 1 N–H and O–H groups in total. The Labute approximate surface area is 181 Å². The number of rotatable bonds is 3. The van der Waals surface area contributed by atoms with Crippen molar-refractivity contribution in [2.45, 2.75) is 38.3 Å². The van der Waals surface area contributed by atoms with Crippen LogP contribution in [0.1, 0.15) is 35.6 Å². The molecule has 1 saturated heterocycles. The van der Waals surface area contributed by atoms with Crippen LogP contribution in [0.15, 0.2) is 18.2 Å². The highest BCUT2D eigenvalue weighted by atomic mass is 32.1. The molecule has 1 aromatic heterocycles. The van der Waals surface area contributed by atoms with E-state index >= 15 is 0 Å². The van der Waals surface area contributed by atoms with Crippen molar-refractivity contribution in [2.75, 3.05) is 50.1 Å². The second kappa shape index (κ2) is 7.13. The number of aromatic nitrogens is 1. The molecule has 1 atom stereocenters. The molecule has 3 aliphatic heterocycles. The Kier molecular flexibility index (Phi) is 4.67. The zero-order valence-corrected chi connectivity index (χ0v) is 18.9. The summed E-state index contributed by atoms with van der Waals surface area (Å²) < 4.78 is 6.02. The maximum Gasteiger partial charge on any atom is 0.263 e. The van der Waals surface area contributed by atoms with Crippen molar-refractivity contribution in [1.29, 1.82) is 0 Å². The summed E-state index contributed by atoms with van der Waals surface area (Å²) in [5.74, 6) is 0.867. The van der Waals surface area contributed by atoms with E-state index in [2.05, 4.69) is 52.3 Å². The molecule has 0 aliphatic carbocycles. The molecule has 0 radical (unpaired) electrons. The average molecular weight is 428 g/mol. The van der Waals surface area contributed by atoms with Gasteiger partial charge in [0.15, 0.2) is 5.13 Å². The number of nitrogens with one attached hydrogen (secondary N) is 1. The zero-order valence-electron chi connectivity index (χ0n) is 18.1. The normalized spacial score (nSPS) is 22.9. The van der Waals surface area contributed by atoms with E-state index < -0.39 is 0 Å². The van der Waals surface area contributed by atoms with Gasteiger partial charge in [-0.15, -0.1) is 0 Å². The number of amides is 1. The lowest BCUT2D eigenvalue weighted by atomic mass is 9.94. The van der Waals surface area contributed by atoms with E-state index in [9.17, 15) is 4.79 Å². The predicted octanol–water partition coefficient (Wildman–Crippen LogP) is 2.88. The van der Waals surface area contributed by atoms with Crippen LogP contribution in [-0.2, 0) is 6.42 Å². The highest BCUT2D eigenvalue weighted by Gasteiger charge is 2.35. The first-order valence-electron chi connectivity index (χ1n) is 10.6. The summed E-state index contributed by atoms with van der Waals surface area (Å²) in [6.07, 6.45) is 1.93. The molecular formula is C22H29N5O2S. The summed E-state index contributed by atoms with van der Waals surface area (Å²) in [6, 6.07) is 6.97. The van der Waals surface area contributed by atoms with Crippen LogP contribution in [0, 0.1) is 0 Å². The van der Waals surface area contributed by atoms with Gasteiger partial charge in [0.1, 0.15) is 17.2 Å². The number of nitrogens with zero attached hydrogens (tertiary/aromatic N) is 4. The zero-order chi connectivity index (χ0) is 21.0. The Morgan fingerprint density at radius 1 is 1.33 bits per heavy atom. The minimum absolute atomic E-state index is 0.0167. The van der Waals surface area contributed by atoms with Crippen LogP contribution in [0.2, 0.25) is 0 Å². The Hall–Kier alpha value is -2.32. The largest absolute Gasteiger partial charge is 0.489 e. The van der Waals surface area contributed by atoms with E-state index in [0.29, 0.717) is 12.6 Å². The van der Waals surface area contributed by atoms with Crippen molar-refractivity contribution >= 4 is 33.8 Å². The van der Waals surface area contributed by atoms with Crippen molar-refractivity contribution in [3.05, 3.63) is 28.8 Å². The lowest BCUT2D eigenvalue weighted by Gasteiger charge is -2.32. The molecule has 4 heterocycles. The quantitative estimate of drug-likeness (QED) is 0.813. The van der Waals surface area contributed by atoms with Crippen LogP contribution < -0.4 is 19.9 Å². The first kappa shape index (κ1) is 19.6. The molecule has 7 nitrogen and oxygen atoms in total. The van der Waals surface area contributed by atoms with Gasteiger partial charge in [0.2, 0.25) is 0 Å². The van der Waals surface area contributed by atoms with Crippen LogP contribution in [0.3, 0.4) is 0 Å². The summed E-state index contributed by atoms with van der Waals surface area (Å²) in [7, 11) is 4.35. The Balaban J connectivity index is 1.43. The van der Waals surface area contributed by atoms with Crippen LogP contribution in [0.5, 0.6) is 5.75 Å². The van der Waals surface area contributed by atoms with Gasteiger partial charge in [-0.3, -0.25) is 4.79 Å². The lowest BCUT2D eigenvalue weighted by molar-refractivity contribution is 0.0901. The number of fused-ring (bicyclic) bond motifs is 2. The fourth-order valence-corrected chi connectivity index (χ4v) is 5.66. The van der Waals surface area contributed by atoms with Crippen molar-refractivity contribution in [1.82, 2.24) is 15.2 Å².